The number of nitriles is 2. The Kier molecular flexibility index (Phi) is 25.6. The first kappa shape index (κ1) is 41.4. The number of esters is 2. The van der Waals surface area contributed by atoms with E-state index < -0.39 is 24.0 Å². The van der Waals surface area contributed by atoms with Crippen molar-refractivity contribution in [3.8, 4) is 12.1 Å². The van der Waals surface area contributed by atoms with Crippen molar-refractivity contribution in [3.63, 3.8) is 0 Å². The van der Waals surface area contributed by atoms with Crippen LogP contribution < -0.4 is 11.5 Å². The third kappa shape index (κ3) is 14.9. The van der Waals surface area contributed by atoms with E-state index in [1.54, 1.807) is 24.5 Å². The van der Waals surface area contributed by atoms with Crippen molar-refractivity contribution in [2.75, 3.05) is 14.2 Å². The first-order valence-corrected chi connectivity index (χ1v) is 15.8. The number of ether oxygens (including phenoxy) is 2. The van der Waals surface area contributed by atoms with E-state index in [0.29, 0.717) is 12.8 Å². The van der Waals surface area contributed by atoms with Crippen molar-refractivity contribution < 1.29 is 55.4 Å². The van der Waals surface area contributed by atoms with Crippen LogP contribution in [-0.4, -0.2) is 48.2 Å². The van der Waals surface area contributed by atoms with Gasteiger partial charge in [-0.15, -0.1) is 46.2 Å². The quantitative estimate of drug-likeness (QED) is 0.161. The van der Waals surface area contributed by atoms with E-state index >= 15 is 0 Å². The summed E-state index contributed by atoms with van der Waals surface area (Å²) in [5.41, 5.74) is 15.2. The number of carbonyl (C=O) groups excluding carboxylic acids is 2. The Hall–Kier alpha value is -2.74. The van der Waals surface area contributed by atoms with Crippen LogP contribution in [0.5, 0.6) is 0 Å². The van der Waals surface area contributed by atoms with Gasteiger partial charge in [-0.2, -0.15) is 10.5 Å². The van der Waals surface area contributed by atoms with E-state index in [1.807, 2.05) is 48.5 Å². The summed E-state index contributed by atoms with van der Waals surface area (Å²) >= 11 is 4.44. The van der Waals surface area contributed by atoms with Crippen LogP contribution in [0.2, 0.25) is 0 Å². The van der Waals surface area contributed by atoms with Gasteiger partial charge >= 0.3 is 67.4 Å². The van der Waals surface area contributed by atoms with Crippen LogP contribution in [0.15, 0.2) is 60.9 Å². The number of carbonyl (C=O) groups is 2. The Bertz CT molecular complexity index is 1300. The predicted molar refractivity (Wildman–Crippen MR) is 156 cm³/mol. The van der Waals surface area contributed by atoms with Crippen molar-refractivity contribution in [1.29, 1.82) is 10.5 Å². The minimum absolute atomic E-state index is 0.398. The molecule has 4 aromatic rings. The summed E-state index contributed by atoms with van der Waals surface area (Å²) in [6.07, 6.45) is 4.42. The molecule has 42 heavy (non-hydrogen) atoms. The number of fused-ring (bicyclic) bond motifs is 2. The molecule has 4 rings (SSSR count). The Balaban J connectivity index is 0. The molecule has 0 radical (unpaired) electrons. The molecule has 0 aliphatic rings. The van der Waals surface area contributed by atoms with E-state index in [2.05, 4.69) is 74.9 Å². The Labute approximate surface area is 275 Å². The zero-order valence-corrected chi connectivity index (χ0v) is 27.9. The Morgan fingerprint density at radius 3 is 1.36 bits per heavy atom. The number of nitrogens with zero attached hydrogens (tertiary/aromatic N) is 4. The van der Waals surface area contributed by atoms with Crippen molar-refractivity contribution in [2.45, 2.75) is 38.8 Å². The Morgan fingerprint density at radius 2 is 1.07 bits per heavy atom. The molecule has 0 aliphatic carbocycles. The van der Waals surface area contributed by atoms with Gasteiger partial charge in [0.05, 0.1) is 26.4 Å². The molecule has 2 aromatic carbocycles. The van der Waals surface area contributed by atoms with Crippen LogP contribution in [0, 0.1) is 22.7 Å². The van der Waals surface area contributed by atoms with Crippen molar-refractivity contribution >= 4 is 52.8 Å². The third-order valence-corrected chi connectivity index (χ3v) is 5.11. The number of halogens is 2. The summed E-state index contributed by atoms with van der Waals surface area (Å²) in [6.45, 7) is 2.86. The van der Waals surface area contributed by atoms with Gasteiger partial charge in [-0.05, 0) is 12.8 Å². The molecule has 14 heteroatoms. The van der Waals surface area contributed by atoms with Gasteiger partial charge in [0.25, 0.3) is 0 Å². The number of hydrogen-bond donors (Lipinski definition) is 2. The molecular weight excluding hydrogens is 768 g/mol. The molecule has 2 heterocycles. The van der Waals surface area contributed by atoms with Gasteiger partial charge in [-0.25, -0.2) is 0 Å². The van der Waals surface area contributed by atoms with E-state index in [4.69, 9.17) is 22.0 Å². The zero-order valence-electron chi connectivity index (χ0n) is 23.3. The number of methoxy groups -OCH3 is 2. The fourth-order valence-corrected chi connectivity index (χ4v) is 3.42. The number of rotatable bonds is 6. The average Bonchev–Trinajstić information content (AvgIpc) is 3.63. The maximum atomic E-state index is 11.2. The van der Waals surface area contributed by atoms with Crippen molar-refractivity contribution in [2.24, 2.45) is 11.5 Å². The second-order valence-corrected chi connectivity index (χ2v) is 7.72. The van der Waals surface area contributed by atoms with Gasteiger partial charge in [-0.3, -0.25) is 9.59 Å². The summed E-state index contributed by atoms with van der Waals surface area (Å²) in [4.78, 5) is 30.9. The molecule has 0 spiro atoms. The van der Waals surface area contributed by atoms with Crippen LogP contribution in [-0.2, 0) is 68.3 Å². The standard InChI is InChI=1S/2C12H13N2O2.2C2H3N.2ClH.2Pd/c2*1-16-12(15)10(13)6-8-7-14-11-5-3-2-4-9(8)11;2*1-2-3;;;;/h2*2-5,7,10H,6,13H2,1H3;2*1H3;2*1H;;/q2*-1;;;;;2*+2/p-2/t2*10-;;;;;;/m00....../s1. The second kappa shape index (κ2) is 25.9. The molecule has 10 nitrogen and oxygen atoms in total. The van der Waals surface area contributed by atoms with Crippen LogP contribution in [0.4, 0.5) is 0 Å². The summed E-state index contributed by atoms with van der Waals surface area (Å²) in [7, 11) is 11.7. The topological polar surface area (TPSA) is 178 Å². The van der Waals surface area contributed by atoms with E-state index in [1.165, 1.54) is 28.1 Å². The van der Waals surface area contributed by atoms with Crippen molar-refractivity contribution in [1.82, 2.24) is 9.97 Å². The van der Waals surface area contributed by atoms with E-state index in [-0.39, 0.29) is 0 Å². The van der Waals surface area contributed by atoms with Crippen molar-refractivity contribution in [3.05, 3.63) is 72.1 Å². The van der Waals surface area contributed by atoms with Gasteiger partial charge in [0, 0.05) is 13.8 Å². The summed E-state index contributed by atoms with van der Waals surface area (Å²) in [5.74, 6) is -0.796. The van der Waals surface area contributed by atoms with E-state index in [0.717, 1.165) is 32.9 Å². The summed E-state index contributed by atoms with van der Waals surface area (Å²) < 4.78 is 9.18. The van der Waals surface area contributed by atoms with Gasteiger partial charge < -0.3 is 30.9 Å². The number of aromatic nitrogens is 2. The molecule has 4 N–H and O–H groups in total. The molecule has 232 valence electrons. The SMILES string of the molecule is CC#N.CC#N.COC(=O)[C@@H](N)Cc1[cH-]nc2ccccc12.COC(=O)[C@@H](N)Cc1[cH-]nc2ccccc12.[Cl][Pd+].[Cl][Pd+]. The molecular formula is C28H32Cl2N6O4Pd2. The molecule has 0 saturated heterocycles. The zero-order chi connectivity index (χ0) is 32.5. The molecule has 0 aliphatic heterocycles. The predicted octanol–water partition coefficient (Wildman–Crippen LogP) is 4.43. The van der Waals surface area contributed by atoms with Gasteiger partial charge in [-0.1, -0.05) is 47.7 Å². The number of hydrogen-bond acceptors (Lipinski definition) is 10. The Morgan fingerprint density at radius 1 is 0.786 bits per heavy atom. The first-order chi connectivity index (χ1) is 20.3. The van der Waals surface area contributed by atoms with Crippen LogP contribution in [0.25, 0.3) is 21.8 Å². The first-order valence-electron chi connectivity index (χ1n) is 11.8. The average molecular weight is 800 g/mol. The number of benzene rings is 2. The molecule has 0 unspecified atom stereocenters. The van der Waals surface area contributed by atoms with Crippen LogP contribution in [0.3, 0.4) is 0 Å². The summed E-state index contributed by atoms with van der Waals surface area (Å²) in [6, 6.07) is 17.8. The fraction of sp³-hybridized carbons (Fsp3) is 0.286. The van der Waals surface area contributed by atoms with Crippen LogP contribution in [0.1, 0.15) is 25.0 Å². The third-order valence-electron chi connectivity index (χ3n) is 5.11. The van der Waals surface area contributed by atoms with Gasteiger partial charge in [0.15, 0.2) is 0 Å². The van der Waals surface area contributed by atoms with Gasteiger partial charge in [0.1, 0.15) is 12.1 Å². The van der Waals surface area contributed by atoms with Gasteiger partial charge in [0.2, 0.25) is 0 Å². The van der Waals surface area contributed by atoms with E-state index in [9.17, 15) is 9.59 Å². The fourth-order valence-electron chi connectivity index (χ4n) is 3.42. The maximum absolute atomic E-state index is 11.2. The molecule has 0 saturated carbocycles. The summed E-state index contributed by atoms with van der Waals surface area (Å²) in [5, 5.41) is 16.7. The molecule has 2 aromatic heterocycles. The monoisotopic (exact) mass is 798 g/mol. The second-order valence-electron chi connectivity index (χ2n) is 7.72. The minimum atomic E-state index is -0.627. The molecule has 0 amide bonds. The number of para-hydroxylation sites is 2. The molecule has 0 bridgehead atoms. The van der Waals surface area contributed by atoms with Crippen LogP contribution >= 0.6 is 19.1 Å². The molecule has 2 atom stereocenters. The molecule has 0 fully saturated rings. The number of nitrogens with two attached hydrogens (primary N) is 2. The normalized spacial score (nSPS) is 10.3.